The van der Waals surface area contributed by atoms with Crippen LogP contribution in [0, 0.1) is 11.6 Å². The van der Waals surface area contributed by atoms with E-state index in [0.29, 0.717) is 13.2 Å². The van der Waals surface area contributed by atoms with Gasteiger partial charge in [-0.05, 0) is 0 Å². The van der Waals surface area contributed by atoms with E-state index in [2.05, 4.69) is 15.4 Å². The van der Waals surface area contributed by atoms with Crippen LogP contribution in [0.1, 0.15) is 0 Å². The fourth-order valence-corrected chi connectivity index (χ4v) is 1.79. The molecule has 1 aromatic carbocycles. The van der Waals surface area contributed by atoms with Crippen LogP contribution >= 0.6 is 0 Å². The molecular formula is C12H14F2N2O3. The molecule has 1 aliphatic heterocycles. The van der Waals surface area contributed by atoms with Crippen molar-refractivity contribution in [2.45, 2.75) is 6.04 Å². The molecule has 1 amide bonds. The fourth-order valence-electron chi connectivity index (χ4n) is 1.79. The number of carbonyl (C=O) groups is 1. The molecule has 0 aliphatic carbocycles. The minimum Gasteiger partial charge on any atom is -0.491 e. The standard InChI is InChI=1S/C12H14F2N2O3/c1-18-11-8(13)4-7(5-9(11)14)16-12(17)10-6-19-3-2-15-10/h4-5,10,15H,2-3,6H2,1H3,(H,16,17). The van der Waals surface area contributed by atoms with Crippen molar-refractivity contribution in [1.82, 2.24) is 5.32 Å². The van der Waals surface area contributed by atoms with Crippen molar-refractivity contribution >= 4 is 11.6 Å². The summed E-state index contributed by atoms with van der Waals surface area (Å²) >= 11 is 0. The zero-order valence-electron chi connectivity index (χ0n) is 10.3. The number of hydrogen-bond acceptors (Lipinski definition) is 4. The number of morpholine rings is 1. The molecule has 5 nitrogen and oxygen atoms in total. The third kappa shape index (κ3) is 3.18. The summed E-state index contributed by atoms with van der Waals surface area (Å²) in [6.07, 6.45) is 0. The molecule has 7 heteroatoms. The second-order valence-corrected chi connectivity index (χ2v) is 4.04. The van der Waals surface area contributed by atoms with Crippen molar-refractivity contribution in [2.75, 3.05) is 32.2 Å². The summed E-state index contributed by atoms with van der Waals surface area (Å²) in [6, 6.07) is 1.48. The van der Waals surface area contributed by atoms with E-state index in [1.165, 1.54) is 7.11 Å². The summed E-state index contributed by atoms with van der Waals surface area (Å²) in [5.74, 6) is -2.61. The van der Waals surface area contributed by atoms with Crippen LogP contribution in [-0.2, 0) is 9.53 Å². The average molecular weight is 272 g/mol. The molecule has 0 bridgehead atoms. The van der Waals surface area contributed by atoms with Crippen LogP contribution in [-0.4, -0.2) is 38.8 Å². The van der Waals surface area contributed by atoms with Gasteiger partial charge < -0.3 is 20.1 Å². The third-order valence-electron chi connectivity index (χ3n) is 2.71. The molecule has 1 unspecified atom stereocenters. The van der Waals surface area contributed by atoms with Crippen molar-refractivity contribution in [3.05, 3.63) is 23.8 Å². The third-order valence-corrected chi connectivity index (χ3v) is 2.71. The number of nitrogens with one attached hydrogen (secondary N) is 2. The highest BCUT2D eigenvalue weighted by atomic mass is 19.1. The minimum atomic E-state index is -0.870. The predicted molar refractivity (Wildman–Crippen MR) is 64.1 cm³/mol. The maximum Gasteiger partial charge on any atom is 0.243 e. The maximum atomic E-state index is 13.4. The monoisotopic (exact) mass is 272 g/mol. The summed E-state index contributed by atoms with van der Waals surface area (Å²) < 4.78 is 36.6. The van der Waals surface area contributed by atoms with E-state index in [9.17, 15) is 13.6 Å². The lowest BCUT2D eigenvalue weighted by Gasteiger charge is -2.23. The van der Waals surface area contributed by atoms with Crippen LogP contribution in [0.25, 0.3) is 0 Å². The molecule has 0 saturated carbocycles. The number of amides is 1. The van der Waals surface area contributed by atoms with E-state index in [4.69, 9.17) is 4.74 Å². The van der Waals surface area contributed by atoms with Crippen molar-refractivity contribution in [1.29, 1.82) is 0 Å². The molecule has 104 valence electrons. The normalized spacial score (nSPS) is 19.0. The molecule has 0 aromatic heterocycles. The van der Waals surface area contributed by atoms with Gasteiger partial charge in [0, 0.05) is 24.4 Å². The Balaban J connectivity index is 2.08. The van der Waals surface area contributed by atoms with Crippen molar-refractivity contribution in [3.8, 4) is 5.75 Å². The number of benzene rings is 1. The van der Waals surface area contributed by atoms with E-state index < -0.39 is 29.3 Å². The Bertz CT molecular complexity index is 453. The molecule has 1 aromatic rings. The Morgan fingerprint density at radius 1 is 1.47 bits per heavy atom. The predicted octanol–water partition coefficient (Wildman–Crippen LogP) is 0.900. The Labute approximate surface area is 108 Å². The number of anilines is 1. The van der Waals surface area contributed by atoms with Crippen LogP contribution in [0.3, 0.4) is 0 Å². The van der Waals surface area contributed by atoms with Gasteiger partial charge in [0.2, 0.25) is 5.91 Å². The topological polar surface area (TPSA) is 59.6 Å². The van der Waals surface area contributed by atoms with Gasteiger partial charge >= 0.3 is 0 Å². The minimum absolute atomic E-state index is 0.0353. The van der Waals surface area contributed by atoms with Crippen molar-refractivity contribution in [3.63, 3.8) is 0 Å². The number of hydrogen-bond donors (Lipinski definition) is 2. The quantitative estimate of drug-likeness (QED) is 0.858. The number of methoxy groups -OCH3 is 1. The molecule has 0 radical (unpaired) electrons. The Morgan fingerprint density at radius 3 is 2.68 bits per heavy atom. The van der Waals surface area contributed by atoms with Crippen LogP contribution in [0.5, 0.6) is 5.75 Å². The van der Waals surface area contributed by atoms with E-state index in [0.717, 1.165) is 12.1 Å². The molecule has 2 rings (SSSR count). The van der Waals surface area contributed by atoms with Gasteiger partial charge in [-0.1, -0.05) is 0 Å². The van der Waals surface area contributed by atoms with Gasteiger partial charge in [-0.3, -0.25) is 4.79 Å². The van der Waals surface area contributed by atoms with Crippen LogP contribution in [0.2, 0.25) is 0 Å². The van der Waals surface area contributed by atoms with Crippen LogP contribution in [0.15, 0.2) is 12.1 Å². The molecule has 19 heavy (non-hydrogen) atoms. The highest BCUT2D eigenvalue weighted by Gasteiger charge is 2.22. The number of halogens is 2. The second kappa shape index (κ2) is 5.94. The van der Waals surface area contributed by atoms with Crippen LogP contribution in [0.4, 0.5) is 14.5 Å². The number of rotatable bonds is 3. The van der Waals surface area contributed by atoms with Gasteiger partial charge in [0.15, 0.2) is 17.4 Å². The first kappa shape index (κ1) is 13.7. The van der Waals surface area contributed by atoms with Crippen molar-refractivity contribution < 1.29 is 23.0 Å². The summed E-state index contributed by atoms with van der Waals surface area (Å²) in [4.78, 5) is 11.8. The Kier molecular flexibility index (Phi) is 4.28. The summed E-state index contributed by atoms with van der Waals surface area (Å²) in [5, 5.41) is 5.37. The smallest absolute Gasteiger partial charge is 0.243 e. The largest absolute Gasteiger partial charge is 0.491 e. The van der Waals surface area contributed by atoms with Gasteiger partial charge in [0.05, 0.1) is 20.3 Å². The molecule has 1 aliphatic rings. The second-order valence-electron chi connectivity index (χ2n) is 4.04. The van der Waals surface area contributed by atoms with Gasteiger partial charge in [-0.15, -0.1) is 0 Å². The molecule has 1 saturated heterocycles. The Hall–Kier alpha value is -1.73. The van der Waals surface area contributed by atoms with Gasteiger partial charge in [0.1, 0.15) is 6.04 Å². The van der Waals surface area contributed by atoms with E-state index in [1.807, 2.05) is 0 Å². The highest BCUT2D eigenvalue weighted by Crippen LogP contribution is 2.25. The van der Waals surface area contributed by atoms with Crippen molar-refractivity contribution in [2.24, 2.45) is 0 Å². The zero-order valence-corrected chi connectivity index (χ0v) is 10.3. The lowest BCUT2D eigenvalue weighted by Crippen LogP contribution is -2.48. The van der Waals surface area contributed by atoms with Gasteiger partial charge in [0.25, 0.3) is 0 Å². The lowest BCUT2D eigenvalue weighted by atomic mass is 10.2. The molecule has 0 spiro atoms. The Morgan fingerprint density at radius 2 is 2.16 bits per heavy atom. The summed E-state index contributed by atoms with van der Waals surface area (Å²) in [7, 11) is 1.17. The molecular weight excluding hydrogens is 258 g/mol. The lowest BCUT2D eigenvalue weighted by molar-refractivity contribution is -0.120. The highest BCUT2D eigenvalue weighted by molar-refractivity contribution is 5.95. The average Bonchev–Trinajstić information content (AvgIpc) is 2.39. The summed E-state index contributed by atoms with van der Waals surface area (Å²) in [5.41, 5.74) is 0.0353. The van der Waals surface area contributed by atoms with E-state index in [1.54, 1.807) is 0 Å². The molecule has 1 fully saturated rings. The van der Waals surface area contributed by atoms with Gasteiger partial charge in [-0.2, -0.15) is 0 Å². The molecule has 1 atom stereocenters. The van der Waals surface area contributed by atoms with E-state index in [-0.39, 0.29) is 12.3 Å². The first-order valence-corrected chi connectivity index (χ1v) is 5.77. The molecule has 1 heterocycles. The SMILES string of the molecule is COc1c(F)cc(NC(=O)C2COCCN2)cc1F. The first-order chi connectivity index (χ1) is 9.11. The van der Waals surface area contributed by atoms with Crippen LogP contribution < -0.4 is 15.4 Å². The fraction of sp³-hybridized carbons (Fsp3) is 0.417. The number of ether oxygens (including phenoxy) is 2. The number of carbonyl (C=O) groups excluding carboxylic acids is 1. The zero-order chi connectivity index (χ0) is 13.8. The van der Waals surface area contributed by atoms with E-state index >= 15 is 0 Å². The summed E-state index contributed by atoms with van der Waals surface area (Å²) in [6.45, 7) is 1.33. The maximum absolute atomic E-state index is 13.4. The molecule has 2 N–H and O–H groups in total. The first-order valence-electron chi connectivity index (χ1n) is 5.77. The van der Waals surface area contributed by atoms with Gasteiger partial charge in [-0.25, -0.2) is 8.78 Å².